The van der Waals surface area contributed by atoms with Crippen LogP contribution in [0.3, 0.4) is 0 Å². The van der Waals surface area contributed by atoms with E-state index in [0.717, 1.165) is 24.2 Å². The van der Waals surface area contributed by atoms with E-state index >= 15 is 0 Å². The molecule has 18 heavy (non-hydrogen) atoms. The summed E-state index contributed by atoms with van der Waals surface area (Å²) in [5.74, 6) is 0.457. The number of methoxy groups -OCH3 is 1. The molecule has 100 valence electrons. The van der Waals surface area contributed by atoms with Crippen LogP contribution in [0.5, 0.6) is 0 Å². The van der Waals surface area contributed by atoms with Crippen LogP contribution in [0, 0.1) is 5.92 Å². The lowest BCUT2D eigenvalue weighted by Gasteiger charge is -2.15. The third kappa shape index (κ3) is 3.68. The Morgan fingerprint density at radius 2 is 2.39 bits per heavy atom. The molecule has 0 aliphatic heterocycles. The second-order valence-corrected chi connectivity index (χ2v) is 5.45. The topological polar surface area (TPSA) is 51.7 Å². The molecule has 1 aliphatic carbocycles. The van der Waals surface area contributed by atoms with Gasteiger partial charge < -0.3 is 14.4 Å². The molecule has 0 radical (unpaired) electrons. The molecule has 0 bridgehead atoms. The fourth-order valence-electron chi connectivity index (χ4n) is 1.47. The maximum Gasteiger partial charge on any atom is 0.349 e. The van der Waals surface area contributed by atoms with Gasteiger partial charge in [0, 0.05) is 20.2 Å². The Morgan fingerprint density at radius 1 is 1.61 bits per heavy atom. The molecule has 1 aliphatic rings. The molecule has 1 aromatic heterocycles. The van der Waals surface area contributed by atoms with Gasteiger partial charge in [-0.15, -0.1) is 0 Å². The van der Waals surface area contributed by atoms with E-state index in [0.29, 0.717) is 11.5 Å². The van der Waals surface area contributed by atoms with E-state index < -0.39 is 0 Å². The fraction of sp³-hybridized carbons (Fsp3) is 0.667. The minimum atomic E-state index is -0.336. The number of nitrogens with zero attached hydrogens (tertiary/aromatic N) is 2. The summed E-state index contributed by atoms with van der Waals surface area (Å²) in [6.07, 6.45) is 4.17. The Kier molecular flexibility index (Phi) is 4.54. The lowest BCUT2D eigenvalue weighted by atomic mass is 10.5. The van der Waals surface area contributed by atoms with E-state index in [9.17, 15) is 4.79 Å². The zero-order valence-electron chi connectivity index (χ0n) is 10.7. The third-order valence-electron chi connectivity index (χ3n) is 2.83. The van der Waals surface area contributed by atoms with Crippen molar-refractivity contribution in [3.05, 3.63) is 11.1 Å². The predicted molar refractivity (Wildman–Crippen MR) is 70.3 cm³/mol. The molecule has 0 N–H and O–H groups in total. The summed E-state index contributed by atoms with van der Waals surface area (Å²) < 4.78 is 10.2. The normalized spacial score (nSPS) is 14.6. The van der Waals surface area contributed by atoms with Crippen molar-refractivity contribution in [2.75, 3.05) is 38.8 Å². The van der Waals surface area contributed by atoms with Crippen LogP contribution in [0.2, 0.25) is 0 Å². The van der Waals surface area contributed by atoms with E-state index in [1.807, 2.05) is 11.9 Å². The molecule has 0 atom stereocenters. The summed E-state index contributed by atoms with van der Waals surface area (Å²) in [5.41, 5.74) is 0. The van der Waals surface area contributed by atoms with Crippen molar-refractivity contribution in [1.82, 2.24) is 4.98 Å². The standard InChI is InChI=1S/C12H18N2O3S/c1-14(5-6-17-8-9-3-4-9)12-13-7-10(18-12)11(15)16-2/h7,9H,3-6,8H2,1-2H3. The van der Waals surface area contributed by atoms with E-state index in [-0.39, 0.29) is 5.97 Å². The van der Waals surface area contributed by atoms with Crippen LogP contribution >= 0.6 is 11.3 Å². The SMILES string of the molecule is COC(=O)c1cnc(N(C)CCOCC2CC2)s1. The maximum absolute atomic E-state index is 11.3. The van der Waals surface area contributed by atoms with Crippen molar-refractivity contribution >= 4 is 22.4 Å². The Hall–Kier alpha value is -1.14. The summed E-state index contributed by atoms with van der Waals surface area (Å²) in [7, 11) is 3.32. The number of hydrogen-bond donors (Lipinski definition) is 0. The van der Waals surface area contributed by atoms with Crippen LogP contribution in [0.25, 0.3) is 0 Å². The Morgan fingerprint density at radius 3 is 3.06 bits per heavy atom. The van der Waals surface area contributed by atoms with Crippen LogP contribution < -0.4 is 4.90 Å². The molecule has 1 aromatic rings. The summed E-state index contributed by atoms with van der Waals surface area (Å²) in [4.78, 5) is 18.0. The average molecular weight is 270 g/mol. The third-order valence-corrected chi connectivity index (χ3v) is 3.92. The van der Waals surface area contributed by atoms with Gasteiger partial charge in [-0.2, -0.15) is 0 Å². The molecule has 0 unspecified atom stereocenters. The van der Waals surface area contributed by atoms with Gasteiger partial charge in [0.25, 0.3) is 0 Å². The molecular weight excluding hydrogens is 252 g/mol. The first-order chi connectivity index (χ1) is 8.70. The highest BCUT2D eigenvalue weighted by Crippen LogP contribution is 2.28. The van der Waals surface area contributed by atoms with Gasteiger partial charge >= 0.3 is 5.97 Å². The molecule has 6 heteroatoms. The number of carbonyl (C=O) groups is 1. The second-order valence-electron chi connectivity index (χ2n) is 4.44. The second kappa shape index (κ2) is 6.15. The number of aromatic nitrogens is 1. The molecule has 0 saturated heterocycles. The van der Waals surface area contributed by atoms with Crippen molar-refractivity contribution in [3.63, 3.8) is 0 Å². The molecule has 0 aromatic carbocycles. The Balaban J connectivity index is 1.74. The van der Waals surface area contributed by atoms with Gasteiger partial charge in [-0.25, -0.2) is 9.78 Å². The first kappa shape index (κ1) is 13.3. The van der Waals surface area contributed by atoms with Crippen molar-refractivity contribution in [3.8, 4) is 0 Å². The summed E-state index contributed by atoms with van der Waals surface area (Å²) >= 11 is 1.34. The van der Waals surface area contributed by atoms with Crippen LogP contribution in [-0.4, -0.2) is 44.9 Å². The zero-order valence-corrected chi connectivity index (χ0v) is 11.5. The van der Waals surface area contributed by atoms with E-state index in [4.69, 9.17) is 4.74 Å². The minimum absolute atomic E-state index is 0.336. The number of anilines is 1. The van der Waals surface area contributed by atoms with E-state index in [2.05, 4.69) is 9.72 Å². The lowest BCUT2D eigenvalue weighted by molar-refractivity contribution is 0.0606. The molecule has 2 rings (SSSR count). The van der Waals surface area contributed by atoms with Crippen LogP contribution in [-0.2, 0) is 9.47 Å². The van der Waals surface area contributed by atoms with Crippen molar-refractivity contribution in [2.45, 2.75) is 12.8 Å². The van der Waals surface area contributed by atoms with Crippen LogP contribution in [0.15, 0.2) is 6.20 Å². The maximum atomic E-state index is 11.3. The van der Waals surface area contributed by atoms with Gasteiger partial charge in [-0.1, -0.05) is 11.3 Å². The Bertz CT molecular complexity index is 404. The highest BCUT2D eigenvalue weighted by molar-refractivity contribution is 7.17. The molecular formula is C12H18N2O3S. The molecule has 1 fully saturated rings. The highest BCUT2D eigenvalue weighted by Gasteiger charge is 2.21. The minimum Gasteiger partial charge on any atom is -0.465 e. The Labute approximate surface area is 111 Å². The monoisotopic (exact) mass is 270 g/mol. The largest absolute Gasteiger partial charge is 0.465 e. The summed E-state index contributed by atoms with van der Waals surface area (Å²) in [6, 6.07) is 0. The number of ether oxygens (including phenoxy) is 2. The number of esters is 1. The quantitative estimate of drug-likeness (QED) is 0.558. The molecule has 5 nitrogen and oxygen atoms in total. The molecule has 1 saturated carbocycles. The first-order valence-corrected chi connectivity index (χ1v) is 6.85. The number of rotatable bonds is 7. The summed E-state index contributed by atoms with van der Waals surface area (Å²) in [5, 5.41) is 0.811. The fourth-order valence-corrected chi connectivity index (χ4v) is 2.29. The highest BCUT2D eigenvalue weighted by atomic mass is 32.1. The van der Waals surface area contributed by atoms with E-state index in [1.54, 1.807) is 6.20 Å². The lowest BCUT2D eigenvalue weighted by Crippen LogP contribution is -2.22. The van der Waals surface area contributed by atoms with Crippen molar-refractivity contribution in [2.24, 2.45) is 5.92 Å². The molecule has 0 spiro atoms. The van der Waals surface area contributed by atoms with Gasteiger partial charge in [-0.05, 0) is 18.8 Å². The van der Waals surface area contributed by atoms with Crippen LogP contribution in [0.4, 0.5) is 5.13 Å². The number of likely N-dealkylation sites (N-methyl/N-ethyl adjacent to an activating group) is 1. The smallest absolute Gasteiger partial charge is 0.349 e. The van der Waals surface area contributed by atoms with Gasteiger partial charge in [0.05, 0.1) is 19.9 Å². The van der Waals surface area contributed by atoms with Gasteiger partial charge in [0.15, 0.2) is 5.13 Å². The van der Waals surface area contributed by atoms with Crippen molar-refractivity contribution < 1.29 is 14.3 Å². The first-order valence-electron chi connectivity index (χ1n) is 6.03. The predicted octanol–water partition coefficient (Wildman–Crippen LogP) is 1.79. The zero-order chi connectivity index (χ0) is 13.0. The van der Waals surface area contributed by atoms with Crippen LogP contribution in [0.1, 0.15) is 22.5 Å². The number of hydrogen-bond acceptors (Lipinski definition) is 6. The summed E-state index contributed by atoms with van der Waals surface area (Å²) in [6.45, 7) is 2.35. The van der Waals surface area contributed by atoms with E-state index in [1.165, 1.54) is 31.3 Å². The average Bonchev–Trinajstić information content (AvgIpc) is 3.07. The number of carbonyl (C=O) groups excluding carboxylic acids is 1. The van der Waals surface area contributed by atoms with Gasteiger partial charge in [0.1, 0.15) is 4.88 Å². The molecule has 0 amide bonds. The van der Waals surface area contributed by atoms with Crippen molar-refractivity contribution in [1.29, 1.82) is 0 Å². The van der Waals surface area contributed by atoms with Gasteiger partial charge in [0.2, 0.25) is 0 Å². The number of thiazole rings is 1. The molecule has 1 heterocycles. The van der Waals surface area contributed by atoms with Gasteiger partial charge in [-0.3, -0.25) is 0 Å².